The van der Waals surface area contributed by atoms with E-state index in [1.54, 1.807) is 0 Å². The average Bonchev–Trinajstić information content (AvgIpc) is 3.36. The van der Waals surface area contributed by atoms with Gasteiger partial charge in [-0.05, 0) is 30.0 Å². The number of nitrogens with zero attached hydrogens (tertiary/aromatic N) is 1. The lowest BCUT2D eigenvalue weighted by Gasteiger charge is -2.20. The van der Waals surface area contributed by atoms with Crippen LogP contribution in [0.25, 0.3) is 10.9 Å². The predicted octanol–water partition coefficient (Wildman–Crippen LogP) is 3.37. The number of fused-ring (bicyclic) bond motifs is 2. The van der Waals surface area contributed by atoms with Crippen molar-refractivity contribution in [2.24, 2.45) is 11.8 Å². The highest BCUT2D eigenvalue weighted by Crippen LogP contribution is 2.35. The molecule has 0 bridgehead atoms. The minimum Gasteiger partial charge on any atom is -0.361 e. The summed E-state index contributed by atoms with van der Waals surface area (Å²) in [6.07, 6.45) is 7.02. The van der Waals surface area contributed by atoms with E-state index in [1.807, 2.05) is 66.9 Å². The van der Waals surface area contributed by atoms with Crippen molar-refractivity contribution in [3.05, 3.63) is 84.1 Å². The Labute approximate surface area is 186 Å². The van der Waals surface area contributed by atoms with Gasteiger partial charge in [-0.1, -0.05) is 60.7 Å². The van der Waals surface area contributed by atoms with Gasteiger partial charge >= 0.3 is 0 Å². The van der Waals surface area contributed by atoms with E-state index in [1.165, 1.54) is 0 Å². The molecular formula is C26H25N3O3. The Morgan fingerprint density at radius 2 is 1.62 bits per heavy atom. The van der Waals surface area contributed by atoms with Crippen LogP contribution in [0.3, 0.4) is 0 Å². The monoisotopic (exact) mass is 427 g/mol. The number of para-hydroxylation sites is 1. The average molecular weight is 428 g/mol. The Morgan fingerprint density at radius 3 is 2.34 bits per heavy atom. The summed E-state index contributed by atoms with van der Waals surface area (Å²) in [6, 6.07) is 18.1. The Hall–Kier alpha value is -3.67. The number of benzene rings is 2. The summed E-state index contributed by atoms with van der Waals surface area (Å²) in [6.45, 7) is 0.148. The lowest BCUT2D eigenvalue weighted by Crippen LogP contribution is -2.42. The molecule has 1 saturated heterocycles. The van der Waals surface area contributed by atoms with Gasteiger partial charge in [0.05, 0.1) is 11.8 Å². The Bertz CT molecular complexity index is 1170. The number of nitrogens with one attached hydrogen (secondary N) is 2. The maximum absolute atomic E-state index is 12.8. The molecule has 0 saturated carbocycles. The Balaban J connectivity index is 1.32. The van der Waals surface area contributed by atoms with Gasteiger partial charge < -0.3 is 10.3 Å². The minimum atomic E-state index is -0.320. The van der Waals surface area contributed by atoms with Gasteiger partial charge in [0.25, 0.3) is 0 Å². The van der Waals surface area contributed by atoms with E-state index in [2.05, 4.69) is 16.4 Å². The molecule has 1 fully saturated rings. The molecule has 2 aromatic carbocycles. The van der Waals surface area contributed by atoms with Crippen LogP contribution >= 0.6 is 0 Å². The van der Waals surface area contributed by atoms with E-state index < -0.39 is 0 Å². The van der Waals surface area contributed by atoms with Gasteiger partial charge in [-0.25, -0.2) is 0 Å². The molecule has 0 radical (unpaired) electrons. The highest BCUT2D eigenvalue weighted by molar-refractivity contribution is 6.07. The zero-order valence-electron chi connectivity index (χ0n) is 17.7. The molecule has 5 rings (SSSR count). The minimum absolute atomic E-state index is 0.0620. The van der Waals surface area contributed by atoms with Gasteiger partial charge in [0, 0.05) is 29.6 Å². The van der Waals surface area contributed by atoms with Crippen LogP contribution in [0.15, 0.2) is 72.9 Å². The molecule has 6 heteroatoms. The van der Waals surface area contributed by atoms with Gasteiger partial charge in [-0.2, -0.15) is 0 Å². The molecule has 2 heterocycles. The van der Waals surface area contributed by atoms with Crippen molar-refractivity contribution < 1.29 is 14.4 Å². The number of H-pyrrole nitrogens is 1. The van der Waals surface area contributed by atoms with Gasteiger partial charge in [-0.15, -0.1) is 0 Å². The Kier molecular flexibility index (Phi) is 5.35. The van der Waals surface area contributed by atoms with Crippen molar-refractivity contribution in [3.8, 4) is 0 Å². The molecule has 1 aliphatic carbocycles. The van der Waals surface area contributed by atoms with Crippen LogP contribution in [-0.4, -0.2) is 40.7 Å². The van der Waals surface area contributed by atoms with E-state index in [0.717, 1.165) is 26.9 Å². The Morgan fingerprint density at radius 1 is 0.969 bits per heavy atom. The van der Waals surface area contributed by atoms with Crippen LogP contribution in [-0.2, 0) is 14.4 Å². The molecule has 162 valence electrons. The molecule has 0 spiro atoms. The first kappa shape index (κ1) is 20.2. The van der Waals surface area contributed by atoms with E-state index in [-0.39, 0.29) is 42.0 Å². The lowest BCUT2D eigenvalue weighted by molar-refractivity contribution is -0.143. The summed E-state index contributed by atoms with van der Waals surface area (Å²) in [5.74, 6) is -1.47. The number of imide groups is 1. The maximum Gasteiger partial charge on any atom is 0.240 e. The highest BCUT2D eigenvalue weighted by Gasteiger charge is 2.47. The number of amides is 3. The fourth-order valence-electron chi connectivity index (χ4n) is 4.92. The number of aromatic amines is 1. The van der Waals surface area contributed by atoms with Gasteiger partial charge in [0.2, 0.25) is 17.7 Å². The SMILES string of the molecule is O=C(CN1C(=O)[C@@H]2CC=CC[C@H]2C1=O)NC[C@@H](c1ccccc1)c1c[nH]c2ccccc12. The molecule has 0 unspecified atom stereocenters. The van der Waals surface area contributed by atoms with Crippen molar-refractivity contribution in [2.75, 3.05) is 13.1 Å². The molecule has 6 nitrogen and oxygen atoms in total. The first-order valence-electron chi connectivity index (χ1n) is 11.0. The zero-order chi connectivity index (χ0) is 22.1. The number of allylic oxidation sites excluding steroid dienone is 2. The number of carbonyl (C=O) groups excluding carboxylic acids is 3. The van der Waals surface area contributed by atoms with E-state index in [4.69, 9.17) is 0 Å². The number of aromatic nitrogens is 1. The second kappa shape index (κ2) is 8.46. The number of rotatable bonds is 6. The van der Waals surface area contributed by atoms with Crippen molar-refractivity contribution in [1.82, 2.24) is 15.2 Å². The summed E-state index contributed by atoms with van der Waals surface area (Å²) < 4.78 is 0. The summed E-state index contributed by atoms with van der Waals surface area (Å²) in [5, 5.41) is 4.08. The fraction of sp³-hybridized carbons (Fsp3) is 0.269. The predicted molar refractivity (Wildman–Crippen MR) is 122 cm³/mol. The summed E-state index contributed by atoms with van der Waals surface area (Å²) in [4.78, 5) is 42.6. The summed E-state index contributed by atoms with van der Waals surface area (Å²) >= 11 is 0. The van der Waals surface area contributed by atoms with Crippen LogP contribution in [0.2, 0.25) is 0 Å². The number of likely N-dealkylation sites (tertiary alicyclic amines) is 1. The molecule has 2 aliphatic rings. The molecule has 1 aromatic heterocycles. The van der Waals surface area contributed by atoms with Crippen LogP contribution in [0.5, 0.6) is 0 Å². The third-order valence-electron chi connectivity index (χ3n) is 6.60. The molecule has 32 heavy (non-hydrogen) atoms. The van der Waals surface area contributed by atoms with E-state index in [9.17, 15) is 14.4 Å². The second-order valence-electron chi connectivity index (χ2n) is 8.48. The van der Waals surface area contributed by atoms with E-state index >= 15 is 0 Å². The van der Waals surface area contributed by atoms with Crippen molar-refractivity contribution in [3.63, 3.8) is 0 Å². The molecule has 3 aromatic rings. The van der Waals surface area contributed by atoms with Gasteiger partial charge in [-0.3, -0.25) is 19.3 Å². The van der Waals surface area contributed by atoms with Crippen LogP contribution in [0.1, 0.15) is 29.9 Å². The largest absolute Gasteiger partial charge is 0.361 e. The third kappa shape index (κ3) is 3.62. The van der Waals surface area contributed by atoms with Crippen LogP contribution < -0.4 is 5.32 Å². The van der Waals surface area contributed by atoms with Crippen molar-refractivity contribution in [1.29, 1.82) is 0 Å². The van der Waals surface area contributed by atoms with Crippen molar-refractivity contribution >= 4 is 28.6 Å². The van der Waals surface area contributed by atoms with Gasteiger partial charge in [0.15, 0.2) is 0 Å². The number of carbonyl (C=O) groups is 3. The summed E-state index contributed by atoms with van der Waals surface area (Å²) in [7, 11) is 0. The first-order valence-corrected chi connectivity index (χ1v) is 11.0. The summed E-state index contributed by atoms with van der Waals surface area (Å²) in [5.41, 5.74) is 3.22. The number of hydrogen-bond donors (Lipinski definition) is 2. The fourth-order valence-corrected chi connectivity index (χ4v) is 4.92. The van der Waals surface area contributed by atoms with E-state index in [0.29, 0.717) is 19.4 Å². The lowest BCUT2D eigenvalue weighted by atomic mass is 9.85. The quantitative estimate of drug-likeness (QED) is 0.467. The van der Waals surface area contributed by atoms with Crippen LogP contribution in [0.4, 0.5) is 0 Å². The smallest absolute Gasteiger partial charge is 0.240 e. The second-order valence-corrected chi connectivity index (χ2v) is 8.48. The van der Waals surface area contributed by atoms with Crippen LogP contribution in [0, 0.1) is 11.8 Å². The van der Waals surface area contributed by atoms with Crippen molar-refractivity contribution in [2.45, 2.75) is 18.8 Å². The molecule has 3 atom stereocenters. The van der Waals surface area contributed by atoms with Gasteiger partial charge in [0.1, 0.15) is 6.54 Å². The first-order chi connectivity index (χ1) is 15.6. The molecule has 2 N–H and O–H groups in total. The number of hydrogen-bond acceptors (Lipinski definition) is 3. The third-order valence-corrected chi connectivity index (χ3v) is 6.60. The normalized spacial score (nSPS) is 21.1. The molecule has 1 aliphatic heterocycles. The maximum atomic E-state index is 12.8. The standard InChI is InChI=1S/C26H25N3O3/c30-24(16-29-25(31)19-11-4-5-12-20(19)26(29)32)28-14-21(17-8-2-1-3-9-17)22-15-27-23-13-7-6-10-18(22)23/h1-10,13,15,19-21,27H,11-12,14,16H2,(H,28,30)/t19-,20-,21+/m1/s1. The zero-order valence-corrected chi connectivity index (χ0v) is 17.7. The topological polar surface area (TPSA) is 82.3 Å². The molecule has 3 amide bonds. The molecular weight excluding hydrogens is 402 g/mol. The highest BCUT2D eigenvalue weighted by atomic mass is 16.2.